The molecule has 0 N–H and O–H groups in total. The number of carbonyl (C=O) groups is 1. The van der Waals surface area contributed by atoms with Crippen molar-refractivity contribution in [1.29, 1.82) is 0 Å². The lowest BCUT2D eigenvalue weighted by atomic mass is 9.80. The highest BCUT2D eigenvalue weighted by Crippen LogP contribution is 2.34. The maximum Gasteiger partial charge on any atom is 0.308 e. The van der Waals surface area contributed by atoms with Crippen molar-refractivity contribution in [3.8, 4) is 0 Å². The van der Waals surface area contributed by atoms with E-state index in [1.54, 1.807) is 7.11 Å². The Morgan fingerprint density at radius 3 is 2.43 bits per heavy atom. The second-order valence-electron chi connectivity index (χ2n) is 4.18. The molecule has 0 radical (unpaired) electrons. The average Bonchev–Trinajstić information content (AvgIpc) is 2.19. The Morgan fingerprint density at radius 1 is 1.43 bits per heavy atom. The van der Waals surface area contributed by atoms with Gasteiger partial charge in [0.25, 0.3) is 0 Å². The van der Waals surface area contributed by atoms with Crippen molar-refractivity contribution in [3.63, 3.8) is 0 Å². The minimum absolute atomic E-state index is 0.0248. The topological polar surface area (TPSA) is 35.5 Å². The summed E-state index contributed by atoms with van der Waals surface area (Å²) in [5, 5.41) is 0. The second kappa shape index (κ2) is 4.78. The highest BCUT2D eigenvalue weighted by Gasteiger charge is 2.34. The Morgan fingerprint density at radius 2 is 2.00 bits per heavy atom. The van der Waals surface area contributed by atoms with Crippen LogP contribution in [0.5, 0.6) is 0 Å². The summed E-state index contributed by atoms with van der Waals surface area (Å²) in [5.41, 5.74) is -0.0248. The number of rotatable bonds is 3. The molecule has 3 nitrogen and oxygen atoms in total. The predicted octanol–water partition coefficient (Wildman–Crippen LogP) is 2.14. The fourth-order valence-corrected chi connectivity index (χ4v) is 1.93. The molecule has 0 saturated heterocycles. The quantitative estimate of drug-likeness (QED) is 0.655. The van der Waals surface area contributed by atoms with E-state index in [0.717, 1.165) is 25.7 Å². The number of ether oxygens (including phenoxy) is 2. The van der Waals surface area contributed by atoms with Gasteiger partial charge in [-0.2, -0.15) is 0 Å². The molecule has 0 heterocycles. The van der Waals surface area contributed by atoms with Gasteiger partial charge in [-0.25, -0.2) is 0 Å². The van der Waals surface area contributed by atoms with Gasteiger partial charge in [0.1, 0.15) is 0 Å². The number of carbonyl (C=O) groups excluding carboxylic acids is 1. The molecule has 1 saturated carbocycles. The van der Waals surface area contributed by atoms with Gasteiger partial charge in [0.05, 0.1) is 18.1 Å². The molecule has 0 aromatic carbocycles. The highest BCUT2D eigenvalue weighted by atomic mass is 16.5. The molecule has 0 aromatic heterocycles. The third-order valence-electron chi connectivity index (χ3n) is 3.16. The van der Waals surface area contributed by atoms with Crippen molar-refractivity contribution in [2.75, 3.05) is 13.7 Å². The van der Waals surface area contributed by atoms with E-state index in [0.29, 0.717) is 6.61 Å². The molecule has 1 aliphatic carbocycles. The van der Waals surface area contributed by atoms with E-state index < -0.39 is 0 Å². The van der Waals surface area contributed by atoms with E-state index in [1.165, 1.54) is 0 Å². The Hall–Kier alpha value is -0.570. The van der Waals surface area contributed by atoms with Crippen molar-refractivity contribution in [3.05, 3.63) is 0 Å². The normalized spacial score (nSPS) is 32.6. The Labute approximate surface area is 85.8 Å². The molecule has 3 heteroatoms. The first-order chi connectivity index (χ1) is 6.61. The Kier molecular flexibility index (Phi) is 3.93. The Balaban J connectivity index is 2.39. The first kappa shape index (κ1) is 11.5. The van der Waals surface area contributed by atoms with Gasteiger partial charge in [0.2, 0.25) is 0 Å². The molecular weight excluding hydrogens is 180 g/mol. The Bertz CT molecular complexity index is 193. The van der Waals surface area contributed by atoms with Crippen LogP contribution in [0.15, 0.2) is 0 Å². The maximum absolute atomic E-state index is 11.4. The van der Waals surface area contributed by atoms with Crippen molar-refractivity contribution in [2.45, 2.75) is 45.1 Å². The third-order valence-corrected chi connectivity index (χ3v) is 3.16. The summed E-state index contributed by atoms with van der Waals surface area (Å²) in [6.07, 6.45) is 3.69. The van der Waals surface area contributed by atoms with Crippen LogP contribution in [0.3, 0.4) is 0 Å². The minimum atomic E-state index is -0.0364. The van der Waals surface area contributed by atoms with Gasteiger partial charge in [0, 0.05) is 7.11 Å². The summed E-state index contributed by atoms with van der Waals surface area (Å²) >= 11 is 0. The molecule has 0 atom stereocenters. The fraction of sp³-hybridized carbons (Fsp3) is 0.909. The van der Waals surface area contributed by atoms with E-state index in [2.05, 4.69) is 6.92 Å². The van der Waals surface area contributed by atoms with Gasteiger partial charge in [-0.05, 0) is 39.5 Å². The van der Waals surface area contributed by atoms with E-state index >= 15 is 0 Å². The zero-order chi connectivity index (χ0) is 10.6. The van der Waals surface area contributed by atoms with E-state index in [4.69, 9.17) is 9.47 Å². The largest absolute Gasteiger partial charge is 0.466 e. The van der Waals surface area contributed by atoms with Gasteiger partial charge in [-0.3, -0.25) is 4.79 Å². The number of hydrogen-bond acceptors (Lipinski definition) is 3. The van der Waals surface area contributed by atoms with Crippen LogP contribution >= 0.6 is 0 Å². The van der Waals surface area contributed by atoms with Crippen LogP contribution in [0.25, 0.3) is 0 Å². The van der Waals surface area contributed by atoms with Crippen LogP contribution < -0.4 is 0 Å². The summed E-state index contributed by atoms with van der Waals surface area (Å²) in [5.74, 6) is 0.0591. The molecule has 1 fully saturated rings. The third kappa shape index (κ3) is 2.71. The van der Waals surface area contributed by atoms with E-state index in [-0.39, 0.29) is 17.5 Å². The average molecular weight is 200 g/mol. The molecule has 0 spiro atoms. The smallest absolute Gasteiger partial charge is 0.308 e. The molecule has 82 valence electrons. The first-order valence-corrected chi connectivity index (χ1v) is 5.33. The van der Waals surface area contributed by atoms with Crippen molar-refractivity contribution in [2.24, 2.45) is 5.92 Å². The van der Waals surface area contributed by atoms with Crippen molar-refractivity contribution in [1.82, 2.24) is 0 Å². The van der Waals surface area contributed by atoms with Gasteiger partial charge < -0.3 is 9.47 Å². The van der Waals surface area contributed by atoms with Gasteiger partial charge in [-0.15, -0.1) is 0 Å². The zero-order valence-electron chi connectivity index (χ0n) is 9.34. The van der Waals surface area contributed by atoms with Gasteiger partial charge in [0.15, 0.2) is 0 Å². The summed E-state index contributed by atoms with van der Waals surface area (Å²) in [7, 11) is 1.74. The van der Waals surface area contributed by atoms with Gasteiger partial charge >= 0.3 is 5.97 Å². The molecule has 1 aliphatic rings. The van der Waals surface area contributed by atoms with E-state index in [1.807, 2.05) is 6.92 Å². The molecule has 0 aliphatic heterocycles. The first-order valence-electron chi connectivity index (χ1n) is 5.33. The maximum atomic E-state index is 11.4. The minimum Gasteiger partial charge on any atom is -0.466 e. The van der Waals surface area contributed by atoms with Crippen LogP contribution in [0.4, 0.5) is 0 Å². The molecule has 0 unspecified atom stereocenters. The lowest BCUT2D eigenvalue weighted by molar-refractivity contribution is -0.151. The SMILES string of the molecule is CCOC(=O)C1CCC(C)(OC)CC1. The van der Waals surface area contributed by atoms with Crippen LogP contribution in [-0.4, -0.2) is 25.3 Å². The summed E-state index contributed by atoms with van der Waals surface area (Å²) < 4.78 is 10.4. The van der Waals surface area contributed by atoms with Crippen LogP contribution in [0.2, 0.25) is 0 Å². The lowest BCUT2D eigenvalue weighted by Gasteiger charge is -2.35. The van der Waals surface area contributed by atoms with Crippen molar-refractivity contribution < 1.29 is 14.3 Å². The zero-order valence-corrected chi connectivity index (χ0v) is 9.34. The molecular formula is C11H20O3. The molecule has 0 amide bonds. The standard InChI is InChI=1S/C11H20O3/c1-4-14-10(12)9-5-7-11(2,13-3)8-6-9/h9H,4-8H2,1-3H3. The molecule has 1 rings (SSSR count). The van der Waals surface area contributed by atoms with Crippen LogP contribution in [-0.2, 0) is 14.3 Å². The van der Waals surface area contributed by atoms with Crippen molar-refractivity contribution >= 4 is 5.97 Å². The number of esters is 1. The van der Waals surface area contributed by atoms with Crippen LogP contribution in [0.1, 0.15) is 39.5 Å². The summed E-state index contributed by atoms with van der Waals surface area (Å²) in [6.45, 7) is 4.44. The second-order valence-corrected chi connectivity index (χ2v) is 4.18. The monoisotopic (exact) mass is 200 g/mol. The molecule has 14 heavy (non-hydrogen) atoms. The molecule has 0 bridgehead atoms. The predicted molar refractivity (Wildman–Crippen MR) is 54.0 cm³/mol. The lowest BCUT2D eigenvalue weighted by Crippen LogP contribution is -2.35. The number of hydrogen-bond donors (Lipinski definition) is 0. The number of methoxy groups -OCH3 is 1. The van der Waals surface area contributed by atoms with Gasteiger partial charge in [-0.1, -0.05) is 0 Å². The fourth-order valence-electron chi connectivity index (χ4n) is 1.93. The van der Waals surface area contributed by atoms with E-state index in [9.17, 15) is 4.79 Å². The van der Waals surface area contributed by atoms with Crippen LogP contribution in [0, 0.1) is 5.92 Å². The molecule has 0 aromatic rings. The summed E-state index contributed by atoms with van der Waals surface area (Å²) in [4.78, 5) is 11.4. The highest BCUT2D eigenvalue weighted by molar-refractivity contribution is 5.72. The summed E-state index contributed by atoms with van der Waals surface area (Å²) in [6, 6.07) is 0.